The first-order valence-electron chi connectivity index (χ1n) is 5.83. The van der Waals surface area contributed by atoms with Crippen molar-refractivity contribution in [1.82, 2.24) is 0 Å². The van der Waals surface area contributed by atoms with E-state index in [0.29, 0.717) is 6.04 Å². The quantitative estimate of drug-likeness (QED) is 0.793. The third kappa shape index (κ3) is 2.32. The highest BCUT2D eigenvalue weighted by Crippen LogP contribution is 2.28. The van der Waals surface area contributed by atoms with E-state index in [1.54, 1.807) is 0 Å². The van der Waals surface area contributed by atoms with Crippen LogP contribution in [0.3, 0.4) is 0 Å². The molecule has 2 nitrogen and oxygen atoms in total. The molecule has 1 aliphatic heterocycles. The highest BCUT2D eigenvalue weighted by atomic mass is 15.0. The van der Waals surface area contributed by atoms with Crippen molar-refractivity contribution in [2.75, 3.05) is 5.32 Å². The number of anilines is 1. The van der Waals surface area contributed by atoms with E-state index < -0.39 is 0 Å². The molecule has 1 aromatic carbocycles. The van der Waals surface area contributed by atoms with Crippen molar-refractivity contribution in [3.63, 3.8) is 0 Å². The van der Waals surface area contributed by atoms with Gasteiger partial charge < -0.3 is 11.1 Å². The minimum absolute atomic E-state index is 0.280. The van der Waals surface area contributed by atoms with Gasteiger partial charge in [-0.1, -0.05) is 19.1 Å². The summed E-state index contributed by atoms with van der Waals surface area (Å²) in [6.07, 6.45) is 3.30. The Morgan fingerprint density at radius 2 is 2.33 bits per heavy atom. The lowest BCUT2D eigenvalue weighted by atomic mass is 10.0. The van der Waals surface area contributed by atoms with Gasteiger partial charge in [0.25, 0.3) is 0 Å². The Morgan fingerprint density at radius 1 is 1.53 bits per heavy atom. The molecule has 2 unspecified atom stereocenters. The van der Waals surface area contributed by atoms with Gasteiger partial charge in [-0.25, -0.2) is 0 Å². The first-order chi connectivity index (χ1) is 7.19. The molecule has 1 heterocycles. The Kier molecular flexibility index (Phi) is 2.96. The lowest BCUT2D eigenvalue weighted by Gasteiger charge is -2.13. The molecule has 82 valence electrons. The zero-order valence-electron chi connectivity index (χ0n) is 9.59. The average Bonchev–Trinajstić information content (AvgIpc) is 2.57. The van der Waals surface area contributed by atoms with Crippen LogP contribution in [0, 0.1) is 0 Å². The smallest absolute Gasteiger partial charge is 0.0375 e. The van der Waals surface area contributed by atoms with Gasteiger partial charge in [-0.05, 0) is 43.4 Å². The lowest BCUT2D eigenvalue weighted by Crippen LogP contribution is -2.26. The summed E-state index contributed by atoms with van der Waals surface area (Å²) in [6, 6.07) is 7.55. The van der Waals surface area contributed by atoms with Gasteiger partial charge in [-0.3, -0.25) is 0 Å². The fourth-order valence-corrected chi connectivity index (χ4v) is 2.30. The number of nitrogens with two attached hydrogens (primary N) is 1. The standard InChI is InChI=1S/C13H20N2/c1-3-10-4-5-13-11(7-10)8-12(15-13)6-9(2)14/h4-5,7,9,12,15H,3,6,8,14H2,1-2H3. The summed E-state index contributed by atoms with van der Waals surface area (Å²) in [7, 11) is 0. The summed E-state index contributed by atoms with van der Waals surface area (Å²) in [5.41, 5.74) is 10.0. The van der Waals surface area contributed by atoms with Crippen LogP contribution in [0.25, 0.3) is 0 Å². The molecular formula is C13H20N2. The minimum atomic E-state index is 0.280. The van der Waals surface area contributed by atoms with Gasteiger partial charge in [0.05, 0.1) is 0 Å². The fourth-order valence-electron chi connectivity index (χ4n) is 2.30. The zero-order chi connectivity index (χ0) is 10.8. The maximum atomic E-state index is 5.82. The van der Waals surface area contributed by atoms with Gasteiger partial charge in [0, 0.05) is 17.8 Å². The van der Waals surface area contributed by atoms with Gasteiger partial charge in [0.15, 0.2) is 0 Å². The number of fused-ring (bicyclic) bond motifs is 1. The Morgan fingerprint density at radius 3 is 3.00 bits per heavy atom. The molecule has 0 aromatic heterocycles. The minimum Gasteiger partial charge on any atom is -0.382 e. The van der Waals surface area contributed by atoms with Crippen molar-refractivity contribution < 1.29 is 0 Å². The van der Waals surface area contributed by atoms with Crippen LogP contribution in [0.15, 0.2) is 18.2 Å². The predicted molar refractivity (Wildman–Crippen MR) is 65.2 cm³/mol. The second-order valence-corrected chi connectivity index (χ2v) is 4.60. The van der Waals surface area contributed by atoms with Crippen LogP contribution < -0.4 is 11.1 Å². The molecule has 1 aromatic rings. The monoisotopic (exact) mass is 204 g/mol. The van der Waals surface area contributed by atoms with Crippen LogP contribution in [0.5, 0.6) is 0 Å². The number of hydrogen-bond acceptors (Lipinski definition) is 2. The van der Waals surface area contributed by atoms with E-state index in [0.717, 1.165) is 19.3 Å². The zero-order valence-corrected chi connectivity index (χ0v) is 9.59. The molecular weight excluding hydrogens is 184 g/mol. The summed E-state index contributed by atoms with van der Waals surface area (Å²) < 4.78 is 0. The molecule has 0 saturated heterocycles. The van der Waals surface area contributed by atoms with E-state index in [2.05, 4.69) is 37.4 Å². The highest BCUT2D eigenvalue weighted by Gasteiger charge is 2.21. The van der Waals surface area contributed by atoms with E-state index in [-0.39, 0.29) is 6.04 Å². The molecule has 0 spiro atoms. The van der Waals surface area contributed by atoms with Crippen LogP contribution in [-0.4, -0.2) is 12.1 Å². The van der Waals surface area contributed by atoms with Crippen molar-refractivity contribution in [2.45, 2.75) is 45.2 Å². The van der Waals surface area contributed by atoms with E-state index in [9.17, 15) is 0 Å². The number of hydrogen-bond donors (Lipinski definition) is 2. The topological polar surface area (TPSA) is 38.0 Å². The van der Waals surface area contributed by atoms with Crippen molar-refractivity contribution >= 4 is 5.69 Å². The van der Waals surface area contributed by atoms with Crippen LogP contribution in [0.1, 0.15) is 31.4 Å². The molecule has 0 fully saturated rings. The number of nitrogens with one attached hydrogen (secondary N) is 1. The lowest BCUT2D eigenvalue weighted by molar-refractivity contribution is 0.587. The number of benzene rings is 1. The van der Waals surface area contributed by atoms with Crippen molar-refractivity contribution in [3.8, 4) is 0 Å². The molecule has 2 atom stereocenters. The van der Waals surface area contributed by atoms with E-state index in [1.165, 1.54) is 16.8 Å². The SMILES string of the molecule is CCc1ccc2c(c1)CC(CC(C)N)N2. The summed E-state index contributed by atoms with van der Waals surface area (Å²) in [5.74, 6) is 0. The molecule has 1 aliphatic rings. The summed E-state index contributed by atoms with van der Waals surface area (Å²) in [6.45, 7) is 4.27. The first-order valence-corrected chi connectivity index (χ1v) is 5.83. The van der Waals surface area contributed by atoms with Crippen LogP contribution in [0.4, 0.5) is 5.69 Å². The van der Waals surface area contributed by atoms with Crippen LogP contribution in [0.2, 0.25) is 0 Å². The fraction of sp³-hybridized carbons (Fsp3) is 0.538. The molecule has 2 rings (SSSR count). The Balaban J connectivity index is 2.09. The van der Waals surface area contributed by atoms with Gasteiger partial charge in [0.1, 0.15) is 0 Å². The maximum Gasteiger partial charge on any atom is 0.0375 e. The average molecular weight is 204 g/mol. The predicted octanol–water partition coefficient (Wildman–Crippen LogP) is 2.32. The van der Waals surface area contributed by atoms with Crippen molar-refractivity contribution in [3.05, 3.63) is 29.3 Å². The van der Waals surface area contributed by atoms with Gasteiger partial charge in [-0.15, -0.1) is 0 Å². The molecule has 15 heavy (non-hydrogen) atoms. The van der Waals surface area contributed by atoms with E-state index in [4.69, 9.17) is 5.73 Å². The third-order valence-electron chi connectivity index (χ3n) is 3.06. The van der Waals surface area contributed by atoms with Gasteiger partial charge in [0.2, 0.25) is 0 Å². The second kappa shape index (κ2) is 4.23. The largest absolute Gasteiger partial charge is 0.382 e. The number of rotatable bonds is 3. The molecule has 3 N–H and O–H groups in total. The van der Waals surface area contributed by atoms with Crippen molar-refractivity contribution in [1.29, 1.82) is 0 Å². The maximum absolute atomic E-state index is 5.82. The van der Waals surface area contributed by atoms with Crippen LogP contribution in [-0.2, 0) is 12.8 Å². The second-order valence-electron chi connectivity index (χ2n) is 4.60. The van der Waals surface area contributed by atoms with Crippen molar-refractivity contribution in [2.24, 2.45) is 5.73 Å². The normalized spacial score (nSPS) is 20.9. The van der Waals surface area contributed by atoms with Gasteiger partial charge >= 0.3 is 0 Å². The van der Waals surface area contributed by atoms with E-state index >= 15 is 0 Å². The molecule has 0 radical (unpaired) electrons. The van der Waals surface area contributed by atoms with Crippen LogP contribution >= 0.6 is 0 Å². The Labute approximate surface area is 91.9 Å². The molecule has 2 heteroatoms. The Bertz CT molecular complexity index is 344. The molecule has 0 bridgehead atoms. The highest BCUT2D eigenvalue weighted by molar-refractivity contribution is 5.58. The molecule has 0 saturated carbocycles. The first kappa shape index (κ1) is 10.5. The number of aryl methyl sites for hydroxylation is 1. The molecule has 0 amide bonds. The van der Waals surface area contributed by atoms with E-state index in [1.807, 2.05) is 0 Å². The Hall–Kier alpha value is -1.02. The summed E-state index contributed by atoms with van der Waals surface area (Å²) >= 11 is 0. The summed E-state index contributed by atoms with van der Waals surface area (Å²) in [4.78, 5) is 0. The van der Waals surface area contributed by atoms with Gasteiger partial charge in [-0.2, -0.15) is 0 Å². The molecule has 0 aliphatic carbocycles. The summed E-state index contributed by atoms with van der Waals surface area (Å²) in [5, 5.41) is 3.54. The third-order valence-corrected chi connectivity index (χ3v) is 3.06.